The molecular formula is C15H21Cl2N5O. The van der Waals surface area contributed by atoms with Gasteiger partial charge in [-0.2, -0.15) is 5.10 Å². The summed E-state index contributed by atoms with van der Waals surface area (Å²) in [5.41, 5.74) is 7.56. The number of aryl methyl sites for hydroxylation is 2. The van der Waals surface area contributed by atoms with Crippen LogP contribution in [0.5, 0.6) is 0 Å². The van der Waals surface area contributed by atoms with E-state index < -0.39 is 0 Å². The van der Waals surface area contributed by atoms with Crippen molar-refractivity contribution in [1.29, 1.82) is 0 Å². The number of amides is 1. The van der Waals surface area contributed by atoms with E-state index in [-0.39, 0.29) is 29.9 Å². The van der Waals surface area contributed by atoms with Crippen LogP contribution in [0.3, 0.4) is 0 Å². The minimum absolute atomic E-state index is 0. The van der Waals surface area contributed by atoms with Gasteiger partial charge >= 0.3 is 0 Å². The van der Waals surface area contributed by atoms with E-state index in [9.17, 15) is 4.79 Å². The first-order chi connectivity index (χ1) is 10.4. The van der Waals surface area contributed by atoms with Gasteiger partial charge in [-0.05, 0) is 44.5 Å². The zero-order valence-corrected chi connectivity index (χ0v) is 14.9. The van der Waals surface area contributed by atoms with Crippen molar-refractivity contribution in [2.75, 3.05) is 13.1 Å². The van der Waals surface area contributed by atoms with E-state index in [1.54, 1.807) is 16.8 Å². The Balaban J connectivity index is 0.00000264. The lowest BCUT2D eigenvalue weighted by Gasteiger charge is -2.11. The van der Waals surface area contributed by atoms with Gasteiger partial charge in [-0.15, -0.1) is 12.4 Å². The van der Waals surface area contributed by atoms with Crippen LogP contribution in [0, 0.1) is 19.8 Å². The molecule has 0 fully saturated rings. The predicted octanol–water partition coefficient (Wildman–Crippen LogP) is 2.28. The van der Waals surface area contributed by atoms with Gasteiger partial charge < -0.3 is 11.1 Å². The van der Waals surface area contributed by atoms with Crippen molar-refractivity contribution in [3.63, 3.8) is 0 Å². The second kappa shape index (κ2) is 8.29. The summed E-state index contributed by atoms with van der Waals surface area (Å²) in [7, 11) is 0. The van der Waals surface area contributed by atoms with Crippen LogP contribution in [0.15, 0.2) is 18.2 Å². The number of rotatable bonds is 5. The Morgan fingerprint density at radius 2 is 2.13 bits per heavy atom. The van der Waals surface area contributed by atoms with Gasteiger partial charge in [0.05, 0.1) is 10.7 Å². The number of nitrogens with one attached hydrogen (secondary N) is 1. The fraction of sp³-hybridized carbons (Fsp3) is 0.400. The van der Waals surface area contributed by atoms with Gasteiger partial charge in [0.2, 0.25) is 0 Å². The standard InChI is InChI=1S/C15H20ClN5O.ClH/c1-9(7-17)8-18-15(22)14-12(16)4-5-13(19-14)21-11(3)6-10(2)20-21;/h4-6,9H,7-8,17H2,1-3H3,(H,18,22);1H. The number of carbonyl (C=O) groups is 1. The fourth-order valence-corrected chi connectivity index (χ4v) is 2.19. The average Bonchev–Trinajstić information content (AvgIpc) is 2.83. The lowest BCUT2D eigenvalue weighted by Crippen LogP contribution is -2.32. The molecule has 0 aromatic carbocycles. The second-order valence-corrected chi connectivity index (χ2v) is 5.80. The van der Waals surface area contributed by atoms with Crippen molar-refractivity contribution < 1.29 is 4.79 Å². The third-order valence-electron chi connectivity index (χ3n) is 3.29. The van der Waals surface area contributed by atoms with E-state index in [0.717, 1.165) is 11.4 Å². The van der Waals surface area contributed by atoms with Gasteiger partial charge in [-0.3, -0.25) is 4.79 Å². The summed E-state index contributed by atoms with van der Waals surface area (Å²) in [6, 6.07) is 5.33. The highest BCUT2D eigenvalue weighted by Gasteiger charge is 2.15. The predicted molar refractivity (Wildman–Crippen MR) is 93.6 cm³/mol. The number of nitrogens with zero attached hydrogens (tertiary/aromatic N) is 3. The van der Waals surface area contributed by atoms with Crippen molar-refractivity contribution in [1.82, 2.24) is 20.1 Å². The second-order valence-electron chi connectivity index (χ2n) is 5.39. The molecule has 0 aliphatic rings. The first-order valence-electron chi connectivity index (χ1n) is 7.10. The summed E-state index contributed by atoms with van der Waals surface area (Å²) >= 11 is 6.10. The van der Waals surface area contributed by atoms with E-state index in [2.05, 4.69) is 15.4 Å². The van der Waals surface area contributed by atoms with Crippen molar-refractivity contribution in [2.24, 2.45) is 11.7 Å². The van der Waals surface area contributed by atoms with Gasteiger partial charge in [0.1, 0.15) is 5.69 Å². The quantitative estimate of drug-likeness (QED) is 0.859. The van der Waals surface area contributed by atoms with E-state index in [1.165, 1.54) is 0 Å². The van der Waals surface area contributed by atoms with E-state index in [1.807, 2.05) is 26.8 Å². The summed E-state index contributed by atoms with van der Waals surface area (Å²) in [6.45, 7) is 6.78. The summed E-state index contributed by atoms with van der Waals surface area (Å²) in [5.74, 6) is 0.447. The van der Waals surface area contributed by atoms with Gasteiger partial charge in [0.25, 0.3) is 5.91 Å². The maximum absolute atomic E-state index is 12.2. The minimum Gasteiger partial charge on any atom is -0.350 e. The Labute approximate surface area is 146 Å². The third-order valence-corrected chi connectivity index (χ3v) is 3.59. The Hall–Kier alpha value is -1.63. The summed E-state index contributed by atoms with van der Waals surface area (Å²) in [5, 5.41) is 7.46. The Morgan fingerprint density at radius 1 is 1.43 bits per heavy atom. The molecule has 0 aliphatic carbocycles. The molecule has 2 aromatic heterocycles. The normalized spacial score (nSPS) is 11.7. The average molecular weight is 358 g/mol. The molecule has 23 heavy (non-hydrogen) atoms. The van der Waals surface area contributed by atoms with Gasteiger partial charge in [0, 0.05) is 12.2 Å². The van der Waals surface area contributed by atoms with Gasteiger partial charge in [-0.25, -0.2) is 9.67 Å². The smallest absolute Gasteiger partial charge is 0.271 e. The van der Waals surface area contributed by atoms with Crippen LogP contribution in [0.2, 0.25) is 5.02 Å². The summed E-state index contributed by atoms with van der Waals surface area (Å²) < 4.78 is 1.69. The molecule has 2 aromatic rings. The number of aromatic nitrogens is 3. The number of hydrogen-bond acceptors (Lipinski definition) is 4. The maximum atomic E-state index is 12.2. The zero-order valence-electron chi connectivity index (χ0n) is 13.3. The third kappa shape index (κ3) is 4.67. The van der Waals surface area contributed by atoms with Crippen LogP contribution >= 0.6 is 24.0 Å². The first kappa shape index (κ1) is 19.4. The highest BCUT2D eigenvalue weighted by molar-refractivity contribution is 6.33. The zero-order chi connectivity index (χ0) is 16.3. The molecule has 0 aliphatic heterocycles. The molecule has 0 saturated heterocycles. The Bertz CT molecular complexity index is 687. The molecule has 1 unspecified atom stereocenters. The molecule has 0 radical (unpaired) electrons. The lowest BCUT2D eigenvalue weighted by atomic mass is 10.2. The molecule has 6 nitrogen and oxygen atoms in total. The van der Waals surface area contributed by atoms with Crippen molar-refractivity contribution >= 4 is 29.9 Å². The maximum Gasteiger partial charge on any atom is 0.271 e. The topological polar surface area (TPSA) is 85.8 Å². The highest BCUT2D eigenvalue weighted by Crippen LogP contribution is 2.17. The number of nitrogens with two attached hydrogens (primary N) is 1. The monoisotopic (exact) mass is 357 g/mol. The van der Waals surface area contributed by atoms with Crippen LogP contribution in [0.25, 0.3) is 5.82 Å². The minimum atomic E-state index is -0.311. The molecule has 1 amide bonds. The van der Waals surface area contributed by atoms with Crippen molar-refractivity contribution in [3.8, 4) is 5.82 Å². The molecule has 126 valence electrons. The van der Waals surface area contributed by atoms with E-state index in [4.69, 9.17) is 17.3 Å². The van der Waals surface area contributed by atoms with Crippen LogP contribution in [-0.4, -0.2) is 33.8 Å². The van der Waals surface area contributed by atoms with E-state index in [0.29, 0.717) is 23.9 Å². The first-order valence-corrected chi connectivity index (χ1v) is 7.48. The molecule has 8 heteroatoms. The Morgan fingerprint density at radius 3 is 2.70 bits per heavy atom. The number of pyridine rings is 1. The van der Waals surface area contributed by atoms with Crippen molar-refractivity contribution in [3.05, 3.63) is 40.3 Å². The van der Waals surface area contributed by atoms with E-state index >= 15 is 0 Å². The Kier molecular flexibility index (Phi) is 7.00. The molecule has 2 heterocycles. The van der Waals surface area contributed by atoms with Crippen LogP contribution in [0.1, 0.15) is 28.8 Å². The SMILES string of the molecule is Cc1cc(C)n(-c2ccc(Cl)c(C(=O)NCC(C)CN)n2)n1.Cl. The molecule has 0 bridgehead atoms. The van der Waals surface area contributed by atoms with Crippen LogP contribution in [-0.2, 0) is 0 Å². The largest absolute Gasteiger partial charge is 0.350 e. The van der Waals surface area contributed by atoms with Crippen LogP contribution in [0.4, 0.5) is 0 Å². The molecular weight excluding hydrogens is 337 g/mol. The lowest BCUT2D eigenvalue weighted by molar-refractivity contribution is 0.0943. The molecule has 2 rings (SSSR count). The number of carbonyl (C=O) groups excluding carboxylic acids is 1. The number of halogens is 2. The summed E-state index contributed by atoms with van der Waals surface area (Å²) in [4.78, 5) is 16.6. The van der Waals surface area contributed by atoms with Crippen molar-refractivity contribution in [2.45, 2.75) is 20.8 Å². The number of hydrogen-bond donors (Lipinski definition) is 2. The fourth-order valence-electron chi connectivity index (χ4n) is 2.00. The molecule has 3 N–H and O–H groups in total. The molecule has 0 spiro atoms. The molecule has 0 saturated carbocycles. The van der Waals surface area contributed by atoms with Gasteiger partial charge in [-0.1, -0.05) is 18.5 Å². The van der Waals surface area contributed by atoms with Crippen LogP contribution < -0.4 is 11.1 Å². The van der Waals surface area contributed by atoms with Gasteiger partial charge in [0.15, 0.2) is 5.82 Å². The molecule has 1 atom stereocenters. The summed E-state index contributed by atoms with van der Waals surface area (Å²) in [6.07, 6.45) is 0. The highest BCUT2D eigenvalue weighted by atomic mass is 35.5.